The van der Waals surface area contributed by atoms with Crippen molar-refractivity contribution in [1.29, 1.82) is 0 Å². The highest BCUT2D eigenvalue weighted by Gasteiger charge is 2.81. The fraction of sp³-hybridized carbons (Fsp3) is 1.00. The molecule has 23 heavy (non-hydrogen) atoms. The molecule has 11 heteroatoms. The molecule has 0 spiro atoms. The molecule has 0 aliphatic carbocycles. The predicted molar refractivity (Wildman–Crippen MR) is 59.9 cm³/mol. The molecule has 1 aliphatic heterocycles. The van der Waals surface area contributed by atoms with Gasteiger partial charge in [0.25, 0.3) is 0 Å². The highest BCUT2D eigenvalue weighted by atomic mass is 19.4. The monoisotopic (exact) mass is 362 g/mol. The molecule has 0 bridgehead atoms. The Labute approximate surface area is 125 Å². The molecule has 0 radical (unpaired) electrons. The first-order valence-corrected chi connectivity index (χ1v) is 6.72. The first kappa shape index (κ1) is 20.3. The molecule has 0 N–H and O–H groups in total. The Kier molecular flexibility index (Phi) is 6.22. The van der Waals surface area contributed by atoms with Crippen molar-refractivity contribution in [1.82, 2.24) is 0 Å². The van der Waals surface area contributed by atoms with E-state index in [-0.39, 0.29) is 12.7 Å². The van der Waals surface area contributed by atoms with Gasteiger partial charge in [-0.25, -0.2) is 0 Å². The Morgan fingerprint density at radius 2 is 1.52 bits per heavy atom. The summed E-state index contributed by atoms with van der Waals surface area (Å²) in [7, 11) is 0. The first-order valence-electron chi connectivity index (χ1n) is 6.72. The summed E-state index contributed by atoms with van der Waals surface area (Å²) in [6.45, 7) is 0.0363. The van der Waals surface area contributed by atoms with Crippen molar-refractivity contribution in [3.05, 3.63) is 0 Å². The van der Waals surface area contributed by atoms with Crippen molar-refractivity contribution in [2.24, 2.45) is 0 Å². The molecule has 0 aromatic rings. The maximum Gasteiger partial charge on any atom is 0.460 e. The Morgan fingerprint density at radius 1 is 0.913 bits per heavy atom. The van der Waals surface area contributed by atoms with Crippen molar-refractivity contribution in [2.45, 2.75) is 55.7 Å². The van der Waals surface area contributed by atoms with Gasteiger partial charge in [0.2, 0.25) is 0 Å². The predicted octanol–water partition coefficient (Wildman–Crippen LogP) is 4.43. The minimum atomic E-state index is -6.83. The van der Waals surface area contributed by atoms with Crippen molar-refractivity contribution >= 4 is 0 Å². The van der Waals surface area contributed by atoms with Crippen LogP contribution < -0.4 is 0 Å². The number of hydrogen-bond donors (Lipinski definition) is 0. The summed E-state index contributed by atoms with van der Waals surface area (Å²) < 4.78 is 123. The van der Waals surface area contributed by atoms with Crippen LogP contribution in [0.2, 0.25) is 0 Å². The van der Waals surface area contributed by atoms with E-state index in [1.165, 1.54) is 0 Å². The highest BCUT2D eigenvalue weighted by Crippen LogP contribution is 2.54. The van der Waals surface area contributed by atoms with Crippen LogP contribution in [0, 0.1) is 0 Å². The van der Waals surface area contributed by atoms with Gasteiger partial charge in [-0.1, -0.05) is 0 Å². The quantitative estimate of drug-likeness (QED) is 0.470. The molecule has 1 unspecified atom stereocenters. The zero-order valence-electron chi connectivity index (χ0n) is 11.7. The van der Waals surface area contributed by atoms with Gasteiger partial charge in [0, 0.05) is 19.6 Å². The van der Waals surface area contributed by atoms with Crippen LogP contribution in [0.4, 0.5) is 39.5 Å². The van der Waals surface area contributed by atoms with Gasteiger partial charge in [0.15, 0.2) is 0 Å². The third kappa shape index (κ3) is 4.43. The van der Waals surface area contributed by atoms with Gasteiger partial charge in [0.05, 0.1) is 12.7 Å². The average molecular weight is 362 g/mol. The first-order chi connectivity index (χ1) is 10.3. The summed E-state index contributed by atoms with van der Waals surface area (Å²) in [6, 6.07) is 0. The molecule has 1 saturated heterocycles. The summed E-state index contributed by atoms with van der Waals surface area (Å²) in [6.07, 6.45) is -8.25. The van der Waals surface area contributed by atoms with E-state index in [0.717, 1.165) is 6.42 Å². The third-order valence-electron chi connectivity index (χ3n) is 3.32. The molecule has 1 heterocycles. The van der Waals surface area contributed by atoms with Crippen LogP contribution in [0.1, 0.15) is 25.7 Å². The maximum absolute atomic E-state index is 13.1. The van der Waals surface area contributed by atoms with Crippen LogP contribution >= 0.6 is 0 Å². The highest BCUT2D eigenvalue weighted by molar-refractivity contribution is 5.00. The fourth-order valence-electron chi connectivity index (χ4n) is 1.95. The van der Waals surface area contributed by atoms with Crippen LogP contribution in [0.3, 0.4) is 0 Å². The van der Waals surface area contributed by atoms with E-state index >= 15 is 0 Å². The lowest BCUT2D eigenvalue weighted by atomic mass is 10.00. The smallest absolute Gasteiger partial charge is 0.379 e. The van der Waals surface area contributed by atoms with Crippen molar-refractivity contribution in [3.63, 3.8) is 0 Å². The van der Waals surface area contributed by atoms with E-state index in [9.17, 15) is 39.5 Å². The van der Waals surface area contributed by atoms with Gasteiger partial charge >= 0.3 is 23.9 Å². The van der Waals surface area contributed by atoms with E-state index in [1.807, 2.05) is 0 Å². The summed E-state index contributed by atoms with van der Waals surface area (Å²) in [4.78, 5) is 0. The Hall–Kier alpha value is -0.710. The van der Waals surface area contributed by atoms with Crippen LogP contribution in [-0.4, -0.2) is 49.9 Å². The Bertz CT molecular complexity index is 375. The number of halogens is 9. The Balaban J connectivity index is 2.49. The minimum absolute atomic E-state index is 0.0146. The van der Waals surface area contributed by atoms with E-state index in [0.29, 0.717) is 13.0 Å². The summed E-state index contributed by atoms with van der Waals surface area (Å²) in [5, 5.41) is 0. The SMILES string of the molecule is FC(F)(F)C(F)(F)C(F)(F)C(F)(F)CCCOCC1CCCO1. The zero-order chi connectivity index (χ0) is 17.9. The molecule has 1 fully saturated rings. The molecule has 2 nitrogen and oxygen atoms in total. The van der Waals surface area contributed by atoms with E-state index in [4.69, 9.17) is 9.47 Å². The van der Waals surface area contributed by atoms with Gasteiger partial charge < -0.3 is 9.47 Å². The molecule has 1 aliphatic rings. The molecule has 0 saturated carbocycles. The summed E-state index contributed by atoms with van der Waals surface area (Å²) in [5.41, 5.74) is 0. The number of rotatable bonds is 8. The molecule has 0 amide bonds. The van der Waals surface area contributed by atoms with E-state index in [2.05, 4.69) is 0 Å². The topological polar surface area (TPSA) is 18.5 Å². The van der Waals surface area contributed by atoms with Crippen molar-refractivity contribution < 1.29 is 49.0 Å². The number of ether oxygens (including phenoxy) is 2. The standard InChI is InChI=1S/C12H15F9O2/c13-9(14,10(15,16)11(17,18)12(19,20)21)4-2-5-22-7-8-3-1-6-23-8/h8H,1-7H2. The molecule has 1 rings (SSSR count). The van der Waals surface area contributed by atoms with Gasteiger partial charge in [0.1, 0.15) is 0 Å². The zero-order valence-corrected chi connectivity index (χ0v) is 11.7. The fourth-order valence-corrected chi connectivity index (χ4v) is 1.95. The molecule has 0 aromatic heterocycles. The van der Waals surface area contributed by atoms with E-state index < -0.39 is 43.4 Å². The van der Waals surface area contributed by atoms with Crippen LogP contribution in [-0.2, 0) is 9.47 Å². The molecule has 1 atom stereocenters. The Morgan fingerprint density at radius 3 is 2.00 bits per heavy atom. The lowest BCUT2D eigenvalue weighted by molar-refractivity contribution is -0.396. The lowest BCUT2D eigenvalue weighted by Gasteiger charge is -2.33. The second-order valence-corrected chi connectivity index (χ2v) is 5.16. The lowest BCUT2D eigenvalue weighted by Crippen LogP contribution is -2.60. The maximum atomic E-state index is 13.1. The van der Waals surface area contributed by atoms with Gasteiger partial charge in [-0.2, -0.15) is 39.5 Å². The minimum Gasteiger partial charge on any atom is -0.379 e. The van der Waals surface area contributed by atoms with Gasteiger partial charge in [-0.15, -0.1) is 0 Å². The van der Waals surface area contributed by atoms with Crippen molar-refractivity contribution in [2.75, 3.05) is 19.8 Å². The molecule has 0 aromatic carbocycles. The van der Waals surface area contributed by atoms with Crippen LogP contribution in [0.5, 0.6) is 0 Å². The van der Waals surface area contributed by atoms with Crippen LogP contribution in [0.15, 0.2) is 0 Å². The number of alkyl halides is 9. The number of hydrogen-bond acceptors (Lipinski definition) is 2. The summed E-state index contributed by atoms with van der Waals surface area (Å²) >= 11 is 0. The van der Waals surface area contributed by atoms with Crippen LogP contribution in [0.25, 0.3) is 0 Å². The molecular weight excluding hydrogens is 347 g/mol. The van der Waals surface area contributed by atoms with Gasteiger partial charge in [-0.3, -0.25) is 0 Å². The molecule has 138 valence electrons. The van der Waals surface area contributed by atoms with Crippen molar-refractivity contribution in [3.8, 4) is 0 Å². The largest absolute Gasteiger partial charge is 0.460 e. The molecular formula is C12H15F9O2. The van der Waals surface area contributed by atoms with E-state index in [1.54, 1.807) is 0 Å². The van der Waals surface area contributed by atoms with Gasteiger partial charge in [-0.05, 0) is 19.3 Å². The average Bonchev–Trinajstić information content (AvgIpc) is 2.89. The second kappa shape index (κ2) is 7.04. The summed E-state index contributed by atoms with van der Waals surface area (Å²) in [5.74, 6) is -18.9. The second-order valence-electron chi connectivity index (χ2n) is 5.16. The normalized spacial score (nSPS) is 21.0. The third-order valence-corrected chi connectivity index (χ3v) is 3.32.